The molecule has 0 spiro atoms. The number of hydrogen-bond acceptors (Lipinski definition) is 4. The summed E-state index contributed by atoms with van der Waals surface area (Å²) in [6.45, 7) is 10.3. The molecule has 5 nitrogen and oxygen atoms in total. The summed E-state index contributed by atoms with van der Waals surface area (Å²) in [4.78, 5) is 9.28. The molecule has 0 saturated carbocycles. The highest BCUT2D eigenvalue weighted by atomic mass is 32.1. The van der Waals surface area contributed by atoms with E-state index in [-0.39, 0.29) is 0 Å². The van der Waals surface area contributed by atoms with Crippen molar-refractivity contribution in [1.29, 1.82) is 0 Å². The van der Waals surface area contributed by atoms with E-state index in [0.717, 1.165) is 51.3 Å². The molecule has 1 atom stereocenters. The van der Waals surface area contributed by atoms with E-state index in [4.69, 9.17) is 4.74 Å². The largest absolute Gasteiger partial charge is 0.381 e. The van der Waals surface area contributed by atoms with Crippen LogP contribution in [0, 0.1) is 5.92 Å². The van der Waals surface area contributed by atoms with Gasteiger partial charge in [-0.3, -0.25) is 9.89 Å². The fourth-order valence-electron chi connectivity index (χ4n) is 3.68. The first-order valence-corrected chi connectivity index (χ1v) is 10.9. The summed E-state index contributed by atoms with van der Waals surface area (Å²) in [6, 6.07) is 2.63. The van der Waals surface area contributed by atoms with Gasteiger partial charge in [0.05, 0.1) is 6.04 Å². The molecule has 1 aliphatic heterocycles. The summed E-state index contributed by atoms with van der Waals surface area (Å²) in [5, 5.41) is 8.04. The Morgan fingerprint density at radius 3 is 2.65 bits per heavy atom. The lowest BCUT2D eigenvalue weighted by Gasteiger charge is -2.32. The Labute approximate surface area is 163 Å². The van der Waals surface area contributed by atoms with Crippen LogP contribution in [-0.2, 0) is 4.74 Å². The third kappa shape index (κ3) is 6.25. The van der Waals surface area contributed by atoms with Gasteiger partial charge >= 0.3 is 0 Å². The molecule has 1 N–H and O–H groups in total. The van der Waals surface area contributed by atoms with Crippen LogP contribution in [-0.4, -0.2) is 69.2 Å². The van der Waals surface area contributed by atoms with Gasteiger partial charge in [0.15, 0.2) is 5.96 Å². The maximum absolute atomic E-state index is 5.47. The Morgan fingerprint density at radius 2 is 2.08 bits per heavy atom. The van der Waals surface area contributed by atoms with E-state index in [1.165, 1.54) is 24.8 Å². The minimum atomic E-state index is 0.386. The average molecular weight is 381 g/mol. The van der Waals surface area contributed by atoms with Crippen molar-refractivity contribution in [2.24, 2.45) is 10.9 Å². The van der Waals surface area contributed by atoms with Gasteiger partial charge < -0.3 is 15.0 Å². The van der Waals surface area contributed by atoms with E-state index in [1.54, 1.807) is 11.3 Å². The summed E-state index contributed by atoms with van der Waals surface area (Å²) in [5.41, 5.74) is 1.39. The monoisotopic (exact) mass is 380 g/mol. The Bertz CT molecular complexity index is 510. The molecular weight excluding hydrogens is 344 g/mol. The zero-order valence-corrected chi connectivity index (χ0v) is 17.7. The summed E-state index contributed by atoms with van der Waals surface area (Å²) >= 11 is 1.77. The quantitative estimate of drug-likeness (QED) is 0.526. The molecule has 0 aliphatic carbocycles. The number of ether oxygens (including phenoxy) is 1. The molecule has 0 bridgehead atoms. The Hall–Kier alpha value is -1.11. The first kappa shape index (κ1) is 21.2. The summed E-state index contributed by atoms with van der Waals surface area (Å²) in [7, 11) is 4.02. The highest BCUT2D eigenvalue weighted by molar-refractivity contribution is 7.07. The Morgan fingerprint density at radius 1 is 1.35 bits per heavy atom. The zero-order chi connectivity index (χ0) is 18.8. The molecule has 1 aromatic heterocycles. The van der Waals surface area contributed by atoms with Gasteiger partial charge in [0.1, 0.15) is 0 Å². The van der Waals surface area contributed by atoms with Gasteiger partial charge in [-0.15, -0.1) is 0 Å². The number of nitrogens with zero attached hydrogens (tertiary/aromatic N) is 3. The molecule has 1 fully saturated rings. The van der Waals surface area contributed by atoms with Crippen molar-refractivity contribution in [2.45, 2.75) is 39.2 Å². The highest BCUT2D eigenvalue weighted by Crippen LogP contribution is 2.22. The molecule has 0 aromatic carbocycles. The van der Waals surface area contributed by atoms with E-state index < -0.39 is 0 Å². The number of rotatable bonds is 9. The van der Waals surface area contributed by atoms with Crippen LogP contribution in [0.25, 0.3) is 0 Å². The first-order valence-electron chi connectivity index (χ1n) is 9.95. The van der Waals surface area contributed by atoms with Gasteiger partial charge in [0.2, 0.25) is 0 Å². The van der Waals surface area contributed by atoms with Crippen molar-refractivity contribution in [2.75, 3.05) is 53.5 Å². The molecule has 0 amide bonds. The second-order valence-corrected chi connectivity index (χ2v) is 7.77. The SMILES string of the molecule is CCN(CC)C(CNC(=NC)N(C)CCC1CCOCC1)c1ccsc1. The van der Waals surface area contributed by atoms with Crippen LogP contribution in [0.1, 0.15) is 44.7 Å². The number of thiophene rings is 1. The fourth-order valence-corrected chi connectivity index (χ4v) is 4.38. The van der Waals surface area contributed by atoms with Gasteiger partial charge in [0, 0.05) is 40.4 Å². The van der Waals surface area contributed by atoms with Crippen molar-refractivity contribution in [3.05, 3.63) is 22.4 Å². The van der Waals surface area contributed by atoms with Crippen LogP contribution < -0.4 is 5.32 Å². The molecule has 1 unspecified atom stereocenters. The molecular formula is C20H36N4OS. The molecule has 6 heteroatoms. The second kappa shape index (κ2) is 11.6. The lowest BCUT2D eigenvalue weighted by atomic mass is 9.96. The molecule has 26 heavy (non-hydrogen) atoms. The maximum Gasteiger partial charge on any atom is 0.193 e. The summed E-state index contributed by atoms with van der Waals surface area (Å²) < 4.78 is 5.47. The Balaban J connectivity index is 1.88. The predicted molar refractivity (Wildman–Crippen MR) is 112 cm³/mol. The van der Waals surface area contributed by atoms with E-state index in [0.29, 0.717) is 6.04 Å². The van der Waals surface area contributed by atoms with Gasteiger partial charge in [0.25, 0.3) is 0 Å². The number of guanidine groups is 1. The third-order valence-electron chi connectivity index (χ3n) is 5.42. The number of likely N-dealkylation sites (N-methyl/N-ethyl adjacent to an activating group) is 1. The van der Waals surface area contributed by atoms with Crippen LogP contribution in [0.5, 0.6) is 0 Å². The van der Waals surface area contributed by atoms with Crippen molar-refractivity contribution >= 4 is 17.3 Å². The summed E-state index contributed by atoms with van der Waals surface area (Å²) in [6.07, 6.45) is 3.61. The van der Waals surface area contributed by atoms with Crippen molar-refractivity contribution in [1.82, 2.24) is 15.1 Å². The van der Waals surface area contributed by atoms with E-state index >= 15 is 0 Å². The number of nitrogens with one attached hydrogen (secondary N) is 1. The van der Waals surface area contributed by atoms with Crippen LogP contribution in [0.2, 0.25) is 0 Å². The lowest BCUT2D eigenvalue weighted by Crippen LogP contribution is -2.44. The maximum atomic E-state index is 5.47. The Kier molecular flexibility index (Phi) is 9.43. The first-order chi connectivity index (χ1) is 12.7. The van der Waals surface area contributed by atoms with E-state index in [9.17, 15) is 0 Å². The zero-order valence-electron chi connectivity index (χ0n) is 16.9. The van der Waals surface area contributed by atoms with Crippen molar-refractivity contribution in [3.63, 3.8) is 0 Å². The average Bonchev–Trinajstić information content (AvgIpc) is 3.21. The molecule has 1 aromatic rings. The van der Waals surface area contributed by atoms with Crippen LogP contribution in [0.4, 0.5) is 0 Å². The summed E-state index contributed by atoms with van der Waals surface area (Å²) in [5.74, 6) is 1.78. The van der Waals surface area contributed by atoms with Crippen LogP contribution in [0.15, 0.2) is 21.8 Å². The second-order valence-electron chi connectivity index (χ2n) is 6.99. The van der Waals surface area contributed by atoms with Crippen LogP contribution in [0.3, 0.4) is 0 Å². The minimum absolute atomic E-state index is 0.386. The molecule has 1 saturated heterocycles. The number of hydrogen-bond donors (Lipinski definition) is 1. The van der Waals surface area contributed by atoms with Crippen molar-refractivity contribution in [3.8, 4) is 0 Å². The fraction of sp³-hybridized carbons (Fsp3) is 0.750. The van der Waals surface area contributed by atoms with Gasteiger partial charge in [-0.1, -0.05) is 13.8 Å². The number of aliphatic imine (C=N–C) groups is 1. The van der Waals surface area contributed by atoms with Gasteiger partial charge in [-0.25, -0.2) is 0 Å². The normalized spacial score (nSPS) is 17.5. The van der Waals surface area contributed by atoms with Crippen molar-refractivity contribution < 1.29 is 4.74 Å². The topological polar surface area (TPSA) is 40.1 Å². The van der Waals surface area contributed by atoms with E-state index in [2.05, 4.69) is 57.8 Å². The smallest absolute Gasteiger partial charge is 0.193 e. The predicted octanol–water partition coefficient (Wildman–Crippen LogP) is 3.45. The molecule has 1 aliphatic rings. The van der Waals surface area contributed by atoms with E-state index in [1.807, 2.05) is 7.05 Å². The molecule has 148 valence electrons. The third-order valence-corrected chi connectivity index (χ3v) is 6.12. The van der Waals surface area contributed by atoms with Gasteiger partial charge in [-0.2, -0.15) is 11.3 Å². The minimum Gasteiger partial charge on any atom is -0.381 e. The molecule has 2 rings (SSSR count). The molecule has 2 heterocycles. The lowest BCUT2D eigenvalue weighted by molar-refractivity contribution is 0.0625. The van der Waals surface area contributed by atoms with Gasteiger partial charge in [-0.05, 0) is 60.7 Å². The van der Waals surface area contributed by atoms with Crippen LogP contribution >= 0.6 is 11.3 Å². The highest BCUT2D eigenvalue weighted by Gasteiger charge is 2.20. The molecule has 0 radical (unpaired) electrons. The standard InChI is InChI=1S/C20H36N4OS/c1-5-24(6-2)19(18-10-14-26-16-18)15-22-20(21-3)23(4)11-7-17-8-12-25-13-9-17/h10,14,16-17,19H,5-9,11-13,15H2,1-4H3,(H,21,22).